The fourth-order valence-electron chi connectivity index (χ4n) is 11.6. The lowest BCUT2D eigenvalue weighted by atomic mass is 9.44. The van der Waals surface area contributed by atoms with Crippen molar-refractivity contribution < 1.29 is 8.97 Å². The van der Waals surface area contributed by atoms with Gasteiger partial charge in [0.1, 0.15) is 0 Å². The molecule has 4 aliphatic carbocycles. The molecule has 6 aliphatic rings. The first kappa shape index (κ1) is 21.5. The number of nitrogens with zero attached hydrogens (tertiary/aromatic N) is 2. The van der Waals surface area contributed by atoms with Gasteiger partial charge < -0.3 is 8.97 Å². The highest BCUT2D eigenvalue weighted by Gasteiger charge is 2.64. The van der Waals surface area contributed by atoms with E-state index in [4.69, 9.17) is 0 Å². The molecule has 0 aromatic heterocycles. The zero-order valence-corrected chi connectivity index (χ0v) is 21.4. The number of quaternary nitrogens is 2. The smallest absolute Gasteiger partial charge is 0.0945 e. The summed E-state index contributed by atoms with van der Waals surface area (Å²) in [6.07, 6.45) is 20.0. The first-order valence-electron chi connectivity index (χ1n) is 14.5. The molecule has 176 valence electrons. The van der Waals surface area contributed by atoms with Gasteiger partial charge in [0.05, 0.1) is 52.4 Å². The van der Waals surface area contributed by atoms with E-state index in [1.54, 1.807) is 51.4 Å². The Bertz CT molecular complexity index is 689. The Morgan fingerprint density at radius 3 is 1.94 bits per heavy atom. The summed E-state index contributed by atoms with van der Waals surface area (Å²) in [6.45, 7) is 11.5. The zero-order valence-electron chi connectivity index (χ0n) is 21.4. The van der Waals surface area contributed by atoms with Crippen molar-refractivity contribution in [1.29, 1.82) is 0 Å². The van der Waals surface area contributed by atoms with Crippen molar-refractivity contribution in [2.75, 3.05) is 40.3 Å². The third-order valence-electron chi connectivity index (χ3n) is 13.4. The van der Waals surface area contributed by atoms with Crippen LogP contribution in [0.25, 0.3) is 0 Å². The van der Waals surface area contributed by atoms with Crippen molar-refractivity contribution in [1.82, 2.24) is 0 Å². The third kappa shape index (κ3) is 3.02. The predicted octanol–water partition coefficient (Wildman–Crippen LogP) is 6.25. The van der Waals surface area contributed by atoms with E-state index >= 15 is 0 Å². The van der Waals surface area contributed by atoms with Crippen LogP contribution in [0.15, 0.2) is 0 Å². The molecular formula is C29H52N2+2. The van der Waals surface area contributed by atoms with Gasteiger partial charge in [-0.15, -0.1) is 0 Å². The van der Waals surface area contributed by atoms with E-state index < -0.39 is 0 Å². The van der Waals surface area contributed by atoms with Crippen LogP contribution in [-0.2, 0) is 0 Å². The van der Waals surface area contributed by atoms with E-state index in [-0.39, 0.29) is 0 Å². The van der Waals surface area contributed by atoms with Crippen LogP contribution in [0.4, 0.5) is 0 Å². The molecular weight excluding hydrogens is 376 g/mol. The number of hydrogen-bond donors (Lipinski definition) is 0. The van der Waals surface area contributed by atoms with Crippen LogP contribution in [0.1, 0.15) is 97.3 Å². The Kier molecular flexibility index (Phi) is 4.99. The quantitative estimate of drug-likeness (QED) is 0.456. The van der Waals surface area contributed by atoms with Crippen LogP contribution in [0.3, 0.4) is 0 Å². The van der Waals surface area contributed by atoms with E-state index in [2.05, 4.69) is 27.9 Å². The van der Waals surface area contributed by atoms with E-state index in [0.717, 1.165) is 35.8 Å². The van der Waals surface area contributed by atoms with Gasteiger partial charge in [0, 0.05) is 43.9 Å². The lowest BCUT2D eigenvalue weighted by Crippen LogP contribution is -2.61. The van der Waals surface area contributed by atoms with E-state index in [0.29, 0.717) is 10.8 Å². The largest absolute Gasteiger partial charge is 0.324 e. The number of rotatable bonds is 2. The Balaban J connectivity index is 1.21. The Morgan fingerprint density at radius 2 is 1.23 bits per heavy atom. The van der Waals surface area contributed by atoms with Gasteiger partial charge in [-0.2, -0.15) is 0 Å². The van der Waals surface area contributed by atoms with Crippen LogP contribution < -0.4 is 0 Å². The highest BCUT2D eigenvalue weighted by Crippen LogP contribution is 2.67. The highest BCUT2D eigenvalue weighted by molar-refractivity contribution is 5.10. The molecule has 8 atom stereocenters. The topological polar surface area (TPSA) is 0 Å². The van der Waals surface area contributed by atoms with Gasteiger partial charge in [0.25, 0.3) is 0 Å². The lowest BCUT2D eigenvalue weighted by Gasteiger charge is -2.62. The van der Waals surface area contributed by atoms with Gasteiger partial charge in [0.2, 0.25) is 0 Å². The molecule has 2 heterocycles. The molecule has 4 saturated carbocycles. The van der Waals surface area contributed by atoms with Crippen molar-refractivity contribution in [2.45, 2.75) is 109 Å². The number of fused-ring (bicyclic) bond motifs is 5. The van der Waals surface area contributed by atoms with Crippen molar-refractivity contribution in [3.63, 3.8) is 0 Å². The molecule has 0 radical (unpaired) electrons. The van der Waals surface area contributed by atoms with Crippen LogP contribution >= 0.6 is 0 Å². The van der Waals surface area contributed by atoms with E-state index in [9.17, 15) is 0 Å². The molecule has 0 bridgehead atoms. The summed E-state index contributed by atoms with van der Waals surface area (Å²) in [5.41, 5.74) is 1.32. The Labute approximate surface area is 193 Å². The van der Waals surface area contributed by atoms with Gasteiger partial charge in [-0.05, 0) is 74.0 Å². The second-order valence-corrected chi connectivity index (χ2v) is 14.5. The average molecular weight is 429 g/mol. The summed E-state index contributed by atoms with van der Waals surface area (Å²) in [4.78, 5) is 0. The van der Waals surface area contributed by atoms with Crippen LogP contribution in [-0.4, -0.2) is 61.3 Å². The Morgan fingerprint density at radius 1 is 0.613 bits per heavy atom. The second kappa shape index (κ2) is 7.21. The number of hydrogen-bond acceptors (Lipinski definition) is 0. The maximum atomic E-state index is 2.79. The Hall–Kier alpha value is -0.0800. The zero-order chi connectivity index (χ0) is 21.5. The minimum atomic E-state index is 0.648. The average Bonchev–Trinajstić information content (AvgIpc) is 3.46. The molecule has 0 amide bonds. The fourth-order valence-corrected chi connectivity index (χ4v) is 11.6. The number of likely N-dealkylation sites (tertiary alicyclic amines) is 2. The summed E-state index contributed by atoms with van der Waals surface area (Å²) in [5, 5.41) is 0. The van der Waals surface area contributed by atoms with Crippen LogP contribution in [0.5, 0.6) is 0 Å². The third-order valence-corrected chi connectivity index (χ3v) is 13.4. The maximum absolute atomic E-state index is 2.79. The minimum Gasteiger partial charge on any atom is -0.324 e. The van der Waals surface area contributed by atoms with Crippen molar-refractivity contribution in [2.24, 2.45) is 34.5 Å². The first-order chi connectivity index (χ1) is 14.8. The molecule has 6 rings (SSSR count). The van der Waals surface area contributed by atoms with Crippen LogP contribution in [0, 0.1) is 34.5 Å². The molecule has 6 fully saturated rings. The van der Waals surface area contributed by atoms with Gasteiger partial charge in [-0.3, -0.25) is 0 Å². The molecule has 2 saturated heterocycles. The monoisotopic (exact) mass is 428 g/mol. The molecule has 0 aromatic carbocycles. The molecule has 31 heavy (non-hydrogen) atoms. The molecule has 2 nitrogen and oxygen atoms in total. The predicted molar refractivity (Wildman–Crippen MR) is 130 cm³/mol. The van der Waals surface area contributed by atoms with Gasteiger partial charge in [-0.1, -0.05) is 13.8 Å². The molecule has 0 spiro atoms. The molecule has 0 N–H and O–H groups in total. The highest BCUT2D eigenvalue weighted by atomic mass is 15.4. The van der Waals surface area contributed by atoms with E-state index in [1.165, 1.54) is 67.2 Å². The van der Waals surface area contributed by atoms with Crippen molar-refractivity contribution >= 4 is 0 Å². The van der Waals surface area contributed by atoms with Crippen LogP contribution in [0.2, 0.25) is 0 Å². The molecule has 2 heteroatoms. The second-order valence-electron chi connectivity index (χ2n) is 14.5. The fraction of sp³-hybridized carbons (Fsp3) is 1.00. The van der Waals surface area contributed by atoms with E-state index in [1.807, 2.05) is 0 Å². The van der Waals surface area contributed by atoms with Crippen molar-refractivity contribution in [3.8, 4) is 0 Å². The summed E-state index contributed by atoms with van der Waals surface area (Å²) in [7, 11) is 5.25. The first-order valence-corrected chi connectivity index (χ1v) is 14.5. The van der Waals surface area contributed by atoms with Crippen molar-refractivity contribution in [3.05, 3.63) is 0 Å². The van der Waals surface area contributed by atoms with Gasteiger partial charge in [-0.25, -0.2) is 0 Å². The summed E-state index contributed by atoms with van der Waals surface area (Å²) < 4.78 is 2.86. The summed E-state index contributed by atoms with van der Waals surface area (Å²) in [5.74, 6) is 4.20. The van der Waals surface area contributed by atoms with Gasteiger partial charge in [0.15, 0.2) is 0 Å². The molecule has 0 aromatic rings. The standard InChI is InChI=1S/C29H52N2/c1-28-15-13-23(30(3)17-5-6-18-30)21-22(28)9-10-24-25-11-12-27(31(4)19-7-8-20-31)29(25,2)16-14-26(24)28/h22-27H,5-21H2,1-4H3/q+2/t22-,23-,24-,25-,26-,27+,28-,29-/m0/s1. The van der Waals surface area contributed by atoms with Gasteiger partial charge >= 0.3 is 0 Å². The maximum Gasteiger partial charge on any atom is 0.0945 e. The SMILES string of the molecule is C[C@]12CC[C@H]([N+]3(C)CCCC3)C[C@@H]1CC[C@@H]1[C@@H]2CC[C@]2(C)[C@H]([N+]3(C)CCCC3)CC[C@@H]12. The minimum absolute atomic E-state index is 0.648. The normalized spacial score (nSPS) is 53.0. The summed E-state index contributed by atoms with van der Waals surface area (Å²) in [6, 6.07) is 1.96. The molecule has 0 unspecified atom stereocenters. The lowest BCUT2D eigenvalue weighted by molar-refractivity contribution is -0.928. The summed E-state index contributed by atoms with van der Waals surface area (Å²) >= 11 is 0. The molecule has 2 aliphatic heterocycles.